The van der Waals surface area contributed by atoms with Gasteiger partial charge in [0.15, 0.2) is 0 Å². The first kappa shape index (κ1) is 19.9. The molecule has 0 fully saturated rings. The molecule has 0 saturated heterocycles. The number of aryl methyl sites for hydroxylation is 1. The molecule has 7 heteroatoms. The summed E-state index contributed by atoms with van der Waals surface area (Å²) in [6.07, 6.45) is -0.631. The summed E-state index contributed by atoms with van der Waals surface area (Å²) >= 11 is 2.87. The van der Waals surface area contributed by atoms with Crippen LogP contribution >= 0.6 is 23.1 Å². The Morgan fingerprint density at radius 3 is 2.74 bits per heavy atom. The van der Waals surface area contributed by atoms with Gasteiger partial charge in [-0.3, -0.25) is 0 Å². The molecule has 1 atom stereocenters. The van der Waals surface area contributed by atoms with Gasteiger partial charge in [-0.25, -0.2) is 0 Å². The first-order chi connectivity index (χ1) is 12.8. The molecule has 0 bridgehead atoms. The SMILES string of the molecule is Cc1cc(C(C)(C)C)ccc1OCC(O)CSc1nnc(-c2cccs2)o1. The fourth-order valence-corrected chi connectivity index (χ4v) is 3.76. The predicted octanol–water partition coefficient (Wildman–Crippen LogP) is 4.94. The van der Waals surface area contributed by atoms with Crippen LogP contribution in [-0.2, 0) is 5.41 Å². The lowest BCUT2D eigenvalue weighted by Crippen LogP contribution is -2.20. The summed E-state index contributed by atoms with van der Waals surface area (Å²) in [7, 11) is 0. The number of nitrogens with zero attached hydrogens (tertiary/aromatic N) is 2. The minimum atomic E-state index is -0.631. The van der Waals surface area contributed by atoms with Crippen LogP contribution < -0.4 is 4.74 Å². The minimum absolute atomic E-state index is 0.103. The molecule has 0 spiro atoms. The second kappa shape index (κ2) is 8.46. The molecule has 27 heavy (non-hydrogen) atoms. The highest BCUT2D eigenvalue weighted by Gasteiger charge is 2.16. The zero-order valence-corrected chi connectivity index (χ0v) is 17.6. The number of hydrogen-bond acceptors (Lipinski definition) is 7. The van der Waals surface area contributed by atoms with Gasteiger partial charge in [-0.15, -0.1) is 21.5 Å². The van der Waals surface area contributed by atoms with Gasteiger partial charge in [-0.05, 0) is 41.0 Å². The number of hydrogen-bond donors (Lipinski definition) is 1. The monoisotopic (exact) mass is 404 g/mol. The maximum absolute atomic E-state index is 10.2. The van der Waals surface area contributed by atoms with E-state index in [1.54, 1.807) is 11.3 Å². The Labute approximate surface area is 167 Å². The van der Waals surface area contributed by atoms with Gasteiger partial charge >= 0.3 is 0 Å². The molecule has 3 rings (SSSR count). The molecule has 0 aliphatic carbocycles. The normalized spacial score (nSPS) is 12.9. The number of rotatable bonds is 7. The van der Waals surface area contributed by atoms with Crippen molar-refractivity contribution in [3.8, 4) is 16.5 Å². The summed E-state index contributed by atoms with van der Waals surface area (Å²) < 4.78 is 11.4. The number of benzene rings is 1. The molecule has 2 aromatic heterocycles. The fourth-order valence-electron chi connectivity index (χ4n) is 2.45. The second-order valence-electron chi connectivity index (χ2n) is 7.36. The van der Waals surface area contributed by atoms with Crippen LogP contribution in [0, 0.1) is 6.92 Å². The molecular weight excluding hydrogens is 380 g/mol. The van der Waals surface area contributed by atoms with Gasteiger partial charge in [-0.1, -0.05) is 50.7 Å². The van der Waals surface area contributed by atoms with Crippen molar-refractivity contribution < 1.29 is 14.3 Å². The first-order valence-corrected chi connectivity index (χ1v) is 10.6. The summed E-state index contributed by atoms with van der Waals surface area (Å²) in [5.41, 5.74) is 2.44. The maximum Gasteiger partial charge on any atom is 0.276 e. The van der Waals surface area contributed by atoms with Crippen LogP contribution in [0.2, 0.25) is 0 Å². The molecule has 1 N–H and O–H groups in total. The number of thiophene rings is 1. The van der Waals surface area contributed by atoms with Crippen LogP contribution in [0.1, 0.15) is 31.9 Å². The van der Waals surface area contributed by atoms with E-state index in [0.717, 1.165) is 16.2 Å². The molecule has 0 aliphatic rings. The molecule has 5 nitrogen and oxygen atoms in total. The van der Waals surface area contributed by atoms with E-state index < -0.39 is 6.10 Å². The Balaban J connectivity index is 1.49. The highest BCUT2D eigenvalue weighted by atomic mass is 32.2. The van der Waals surface area contributed by atoms with Gasteiger partial charge in [0.05, 0.1) is 11.0 Å². The zero-order chi connectivity index (χ0) is 19.4. The number of aliphatic hydroxyl groups is 1. The average molecular weight is 405 g/mol. The van der Waals surface area contributed by atoms with Crippen molar-refractivity contribution in [3.63, 3.8) is 0 Å². The molecule has 0 saturated carbocycles. The third-order valence-corrected chi connectivity index (χ3v) is 5.83. The largest absolute Gasteiger partial charge is 0.491 e. The quantitative estimate of drug-likeness (QED) is 0.563. The predicted molar refractivity (Wildman–Crippen MR) is 110 cm³/mol. The summed E-state index contributed by atoms with van der Waals surface area (Å²) in [4.78, 5) is 0.937. The molecule has 1 unspecified atom stereocenters. The van der Waals surface area contributed by atoms with E-state index in [1.165, 1.54) is 17.3 Å². The van der Waals surface area contributed by atoms with E-state index >= 15 is 0 Å². The molecule has 3 aromatic rings. The Kier molecular flexibility index (Phi) is 6.24. The van der Waals surface area contributed by atoms with Gasteiger partial charge in [0, 0.05) is 5.75 Å². The van der Waals surface area contributed by atoms with Gasteiger partial charge in [-0.2, -0.15) is 0 Å². The lowest BCUT2D eigenvalue weighted by atomic mass is 9.86. The van der Waals surface area contributed by atoms with Crippen LogP contribution in [0.25, 0.3) is 10.8 Å². The first-order valence-electron chi connectivity index (χ1n) is 8.75. The number of aliphatic hydroxyl groups excluding tert-OH is 1. The van der Waals surface area contributed by atoms with Gasteiger partial charge in [0.2, 0.25) is 0 Å². The van der Waals surface area contributed by atoms with Gasteiger partial charge in [0.25, 0.3) is 11.1 Å². The highest BCUT2D eigenvalue weighted by Crippen LogP contribution is 2.28. The summed E-state index contributed by atoms with van der Waals surface area (Å²) in [6, 6.07) is 10.1. The molecule has 0 radical (unpaired) electrons. The van der Waals surface area contributed by atoms with Crippen molar-refractivity contribution in [2.24, 2.45) is 0 Å². The smallest absolute Gasteiger partial charge is 0.276 e. The van der Waals surface area contributed by atoms with E-state index in [0.29, 0.717) is 16.9 Å². The number of aromatic nitrogens is 2. The van der Waals surface area contributed by atoms with Crippen molar-refractivity contribution in [2.45, 2.75) is 44.4 Å². The van der Waals surface area contributed by atoms with Crippen LogP contribution in [0.5, 0.6) is 5.75 Å². The molecule has 0 aliphatic heterocycles. The lowest BCUT2D eigenvalue weighted by Gasteiger charge is -2.21. The van der Waals surface area contributed by atoms with Crippen LogP contribution in [0.15, 0.2) is 45.4 Å². The van der Waals surface area contributed by atoms with Crippen LogP contribution in [0.3, 0.4) is 0 Å². The van der Waals surface area contributed by atoms with Crippen molar-refractivity contribution in [1.29, 1.82) is 0 Å². The lowest BCUT2D eigenvalue weighted by molar-refractivity contribution is 0.125. The minimum Gasteiger partial charge on any atom is -0.491 e. The third kappa shape index (κ3) is 5.34. The molecule has 1 aromatic carbocycles. The van der Waals surface area contributed by atoms with E-state index in [2.05, 4.69) is 43.1 Å². The van der Waals surface area contributed by atoms with Crippen molar-refractivity contribution in [1.82, 2.24) is 10.2 Å². The number of ether oxygens (including phenoxy) is 1. The molecule has 2 heterocycles. The Morgan fingerprint density at radius 2 is 2.07 bits per heavy atom. The van der Waals surface area contributed by atoms with Crippen LogP contribution in [-0.4, -0.2) is 33.8 Å². The fraction of sp³-hybridized carbons (Fsp3) is 0.400. The Hall–Kier alpha value is -1.83. The summed E-state index contributed by atoms with van der Waals surface area (Å²) in [6.45, 7) is 8.80. The highest BCUT2D eigenvalue weighted by molar-refractivity contribution is 7.99. The van der Waals surface area contributed by atoms with Gasteiger partial charge in [0.1, 0.15) is 12.4 Å². The summed E-state index contributed by atoms with van der Waals surface area (Å²) in [5, 5.41) is 20.7. The molecule has 144 valence electrons. The Morgan fingerprint density at radius 1 is 1.26 bits per heavy atom. The standard InChI is InChI=1S/C20H24N2O3S2/c1-13-10-14(20(2,3)4)7-8-16(13)24-11-15(23)12-27-19-22-21-18(25-19)17-6-5-9-26-17/h5-10,15,23H,11-12H2,1-4H3. The van der Waals surface area contributed by atoms with Crippen molar-refractivity contribution in [2.75, 3.05) is 12.4 Å². The van der Waals surface area contributed by atoms with Gasteiger partial charge < -0.3 is 14.3 Å². The second-order valence-corrected chi connectivity index (χ2v) is 9.28. The topological polar surface area (TPSA) is 68.4 Å². The summed E-state index contributed by atoms with van der Waals surface area (Å²) in [5.74, 6) is 1.73. The van der Waals surface area contributed by atoms with E-state index in [4.69, 9.17) is 9.15 Å². The number of thioether (sulfide) groups is 1. The van der Waals surface area contributed by atoms with E-state index in [9.17, 15) is 5.11 Å². The third-order valence-electron chi connectivity index (χ3n) is 4.01. The average Bonchev–Trinajstić information content (AvgIpc) is 3.29. The maximum atomic E-state index is 10.2. The molecular formula is C20H24N2O3S2. The van der Waals surface area contributed by atoms with E-state index in [-0.39, 0.29) is 12.0 Å². The molecule has 0 amide bonds. The zero-order valence-electron chi connectivity index (χ0n) is 15.9. The van der Waals surface area contributed by atoms with E-state index in [1.807, 2.05) is 30.5 Å². The van der Waals surface area contributed by atoms with Crippen LogP contribution in [0.4, 0.5) is 0 Å². The van der Waals surface area contributed by atoms with Crippen molar-refractivity contribution in [3.05, 3.63) is 46.8 Å². The Bertz CT molecular complexity index is 870. The van der Waals surface area contributed by atoms with Crippen molar-refractivity contribution >= 4 is 23.1 Å².